The Morgan fingerprint density at radius 3 is 3.08 bits per heavy atom. The monoisotopic (exact) mass is 377 g/mol. The molecule has 1 fully saturated rings. The Labute approximate surface area is 156 Å². The van der Waals surface area contributed by atoms with E-state index < -0.39 is 0 Å². The fourth-order valence-electron chi connectivity index (χ4n) is 2.69. The highest BCUT2D eigenvalue weighted by atomic mass is 32.1. The molecule has 2 aromatic heterocycles. The molecule has 0 saturated carbocycles. The second-order valence-electron chi connectivity index (χ2n) is 6.46. The van der Waals surface area contributed by atoms with E-state index in [0.717, 1.165) is 11.4 Å². The smallest absolute Gasteiger partial charge is 0.270 e. The van der Waals surface area contributed by atoms with E-state index in [2.05, 4.69) is 20.3 Å². The lowest BCUT2D eigenvalue weighted by molar-refractivity contribution is -0.0612. The zero-order valence-electron chi connectivity index (χ0n) is 14.8. The van der Waals surface area contributed by atoms with Gasteiger partial charge in [-0.05, 0) is 18.4 Å². The minimum Gasteiger partial charge on any atom is -0.379 e. The van der Waals surface area contributed by atoms with Gasteiger partial charge in [-0.2, -0.15) is 0 Å². The molecular formula is C17H23N5O3S. The summed E-state index contributed by atoms with van der Waals surface area (Å²) >= 11 is 1.53. The number of rotatable bonds is 6. The standard InChI is InChI=1S/C17H23N5O3S/c1-10(2)12-5-13(22-17(18)21-12)16(23)20-14-7-24-4-3-15(14)25-6-11-8-26-9-19-11/h5,8-10,14-15H,3-4,6-7H2,1-2H3,(H,20,23)(H2,18,21,22)/t14-,15+/m1/s1. The highest BCUT2D eigenvalue weighted by Crippen LogP contribution is 2.17. The van der Waals surface area contributed by atoms with Gasteiger partial charge in [-0.3, -0.25) is 4.79 Å². The van der Waals surface area contributed by atoms with Crippen molar-refractivity contribution < 1.29 is 14.3 Å². The molecule has 140 valence electrons. The number of anilines is 1. The summed E-state index contributed by atoms with van der Waals surface area (Å²) in [6, 6.07) is 1.42. The lowest BCUT2D eigenvalue weighted by Gasteiger charge is -2.31. The van der Waals surface area contributed by atoms with Gasteiger partial charge in [0, 0.05) is 17.7 Å². The van der Waals surface area contributed by atoms with E-state index in [1.807, 2.05) is 19.2 Å². The van der Waals surface area contributed by atoms with E-state index in [0.29, 0.717) is 26.2 Å². The van der Waals surface area contributed by atoms with E-state index >= 15 is 0 Å². The molecule has 2 atom stereocenters. The molecule has 8 nitrogen and oxygen atoms in total. The number of nitrogens with zero attached hydrogens (tertiary/aromatic N) is 3. The normalized spacial score (nSPS) is 20.3. The molecule has 26 heavy (non-hydrogen) atoms. The molecule has 2 aromatic rings. The van der Waals surface area contributed by atoms with Crippen LogP contribution >= 0.6 is 11.3 Å². The van der Waals surface area contributed by atoms with Crippen molar-refractivity contribution in [3.63, 3.8) is 0 Å². The molecule has 1 saturated heterocycles. The third-order valence-corrected chi connectivity index (χ3v) is 4.76. The molecule has 3 heterocycles. The maximum Gasteiger partial charge on any atom is 0.270 e. The van der Waals surface area contributed by atoms with Crippen LogP contribution in [0.2, 0.25) is 0 Å². The van der Waals surface area contributed by atoms with E-state index in [4.69, 9.17) is 15.2 Å². The molecule has 0 aromatic carbocycles. The zero-order chi connectivity index (χ0) is 18.5. The number of amides is 1. The number of thiazole rings is 1. The van der Waals surface area contributed by atoms with Crippen molar-refractivity contribution in [2.75, 3.05) is 18.9 Å². The van der Waals surface area contributed by atoms with Gasteiger partial charge in [-0.15, -0.1) is 11.3 Å². The molecule has 0 radical (unpaired) electrons. The Morgan fingerprint density at radius 1 is 1.50 bits per heavy atom. The van der Waals surface area contributed by atoms with Crippen LogP contribution in [0.25, 0.3) is 0 Å². The third kappa shape index (κ3) is 4.75. The largest absolute Gasteiger partial charge is 0.379 e. The van der Waals surface area contributed by atoms with Crippen LogP contribution in [0.5, 0.6) is 0 Å². The van der Waals surface area contributed by atoms with E-state index in [1.165, 1.54) is 11.3 Å². The fraction of sp³-hybridized carbons (Fsp3) is 0.529. The molecule has 0 aliphatic carbocycles. The van der Waals surface area contributed by atoms with Crippen LogP contribution in [0, 0.1) is 0 Å². The van der Waals surface area contributed by atoms with Crippen molar-refractivity contribution in [1.29, 1.82) is 0 Å². The highest BCUT2D eigenvalue weighted by Gasteiger charge is 2.29. The summed E-state index contributed by atoms with van der Waals surface area (Å²) < 4.78 is 11.5. The zero-order valence-corrected chi connectivity index (χ0v) is 15.7. The Morgan fingerprint density at radius 2 is 2.35 bits per heavy atom. The van der Waals surface area contributed by atoms with Crippen molar-refractivity contribution >= 4 is 23.2 Å². The molecule has 1 amide bonds. The quantitative estimate of drug-likeness (QED) is 0.788. The molecule has 0 spiro atoms. The predicted molar refractivity (Wildman–Crippen MR) is 97.9 cm³/mol. The van der Waals surface area contributed by atoms with Crippen LogP contribution in [-0.2, 0) is 16.1 Å². The first kappa shape index (κ1) is 18.7. The van der Waals surface area contributed by atoms with Crippen molar-refractivity contribution in [1.82, 2.24) is 20.3 Å². The molecule has 3 N–H and O–H groups in total. The molecular weight excluding hydrogens is 354 g/mol. The van der Waals surface area contributed by atoms with Crippen LogP contribution < -0.4 is 11.1 Å². The minimum atomic E-state index is -0.307. The number of hydrogen-bond donors (Lipinski definition) is 2. The van der Waals surface area contributed by atoms with Crippen LogP contribution in [0.3, 0.4) is 0 Å². The fourth-order valence-corrected chi connectivity index (χ4v) is 3.24. The van der Waals surface area contributed by atoms with Gasteiger partial charge in [0.25, 0.3) is 5.91 Å². The number of carbonyl (C=O) groups excluding carboxylic acids is 1. The molecule has 9 heteroatoms. The third-order valence-electron chi connectivity index (χ3n) is 4.13. The highest BCUT2D eigenvalue weighted by molar-refractivity contribution is 7.07. The van der Waals surface area contributed by atoms with Gasteiger partial charge in [0.1, 0.15) is 5.69 Å². The van der Waals surface area contributed by atoms with Gasteiger partial charge in [0.2, 0.25) is 5.95 Å². The van der Waals surface area contributed by atoms with Gasteiger partial charge in [0.05, 0.1) is 36.6 Å². The first-order valence-corrected chi connectivity index (χ1v) is 9.49. The first-order valence-electron chi connectivity index (χ1n) is 8.54. The number of nitrogens with one attached hydrogen (secondary N) is 1. The van der Waals surface area contributed by atoms with Crippen LogP contribution in [0.4, 0.5) is 5.95 Å². The Hall–Kier alpha value is -2.10. The summed E-state index contributed by atoms with van der Waals surface area (Å²) in [7, 11) is 0. The average Bonchev–Trinajstić information content (AvgIpc) is 3.14. The number of hydrogen-bond acceptors (Lipinski definition) is 8. The van der Waals surface area contributed by atoms with E-state index in [-0.39, 0.29) is 35.6 Å². The van der Waals surface area contributed by atoms with Crippen molar-refractivity contribution in [2.45, 2.75) is 44.9 Å². The summed E-state index contributed by atoms with van der Waals surface area (Å²) in [5.41, 5.74) is 9.39. The Balaban J connectivity index is 1.66. The summed E-state index contributed by atoms with van der Waals surface area (Å²) in [5.74, 6) is -0.0598. The van der Waals surface area contributed by atoms with Gasteiger partial charge in [-0.1, -0.05) is 13.8 Å². The summed E-state index contributed by atoms with van der Waals surface area (Å²) in [6.45, 7) is 5.39. The number of ether oxygens (including phenoxy) is 2. The van der Waals surface area contributed by atoms with E-state index in [1.54, 1.807) is 11.6 Å². The molecule has 0 bridgehead atoms. The maximum atomic E-state index is 12.6. The average molecular weight is 377 g/mol. The molecule has 3 rings (SSSR count). The second-order valence-corrected chi connectivity index (χ2v) is 7.18. The summed E-state index contributed by atoms with van der Waals surface area (Å²) in [4.78, 5) is 25.1. The van der Waals surface area contributed by atoms with Gasteiger partial charge in [0.15, 0.2) is 0 Å². The van der Waals surface area contributed by atoms with Crippen LogP contribution in [-0.4, -0.2) is 46.2 Å². The Bertz CT molecular complexity index is 738. The van der Waals surface area contributed by atoms with Crippen LogP contribution in [0.1, 0.15) is 48.1 Å². The second kappa shape index (κ2) is 8.52. The molecule has 1 aliphatic heterocycles. The summed E-state index contributed by atoms with van der Waals surface area (Å²) in [6.07, 6.45) is 0.566. The van der Waals surface area contributed by atoms with E-state index in [9.17, 15) is 4.79 Å². The number of carbonyl (C=O) groups is 1. The minimum absolute atomic E-state index is 0.0950. The first-order chi connectivity index (χ1) is 12.5. The van der Waals surface area contributed by atoms with Gasteiger partial charge >= 0.3 is 0 Å². The number of aromatic nitrogens is 3. The topological polar surface area (TPSA) is 112 Å². The number of nitrogen functional groups attached to an aromatic ring is 1. The molecule has 1 aliphatic rings. The maximum absolute atomic E-state index is 12.6. The predicted octanol–water partition coefficient (Wildman–Crippen LogP) is 1.74. The SMILES string of the molecule is CC(C)c1cc(C(=O)N[C@@H]2COCC[C@@H]2OCc2cscn2)nc(N)n1. The Kier molecular flexibility index (Phi) is 6.12. The summed E-state index contributed by atoms with van der Waals surface area (Å²) in [5, 5.41) is 4.90. The van der Waals surface area contributed by atoms with Gasteiger partial charge < -0.3 is 20.5 Å². The number of nitrogens with two attached hydrogens (primary N) is 1. The van der Waals surface area contributed by atoms with Crippen molar-refractivity contribution in [3.05, 3.63) is 34.0 Å². The van der Waals surface area contributed by atoms with Crippen LogP contribution in [0.15, 0.2) is 17.0 Å². The van der Waals surface area contributed by atoms with Gasteiger partial charge in [-0.25, -0.2) is 15.0 Å². The molecule has 0 unspecified atom stereocenters. The van der Waals surface area contributed by atoms with Crippen molar-refractivity contribution in [3.8, 4) is 0 Å². The van der Waals surface area contributed by atoms with Crippen molar-refractivity contribution in [2.24, 2.45) is 0 Å². The lowest BCUT2D eigenvalue weighted by atomic mass is 10.1. The lowest BCUT2D eigenvalue weighted by Crippen LogP contribution is -2.50.